The normalized spacial score (nSPS) is 11.2. The molecule has 1 rings (SSSR count). The van der Waals surface area contributed by atoms with Crippen molar-refractivity contribution < 1.29 is 66.9 Å². The van der Waals surface area contributed by atoms with Crippen molar-refractivity contribution in [1.29, 1.82) is 0 Å². The van der Waals surface area contributed by atoms with Crippen molar-refractivity contribution in [3.8, 4) is 0 Å². The number of ether oxygens (including phenoxy) is 6. The number of hydrogen-bond acceptors (Lipinski definition) is 13. The fraction of sp³-hybridized carbons (Fsp3) is 0.800. The fourth-order valence-corrected chi connectivity index (χ4v) is 3.22. The van der Waals surface area contributed by atoms with E-state index in [9.17, 15) is 33.9 Å². The molecule has 15 heteroatoms. The molecular formula is C45H84N2O13. The van der Waals surface area contributed by atoms with Crippen LogP contribution in [0.3, 0.4) is 0 Å². The number of rotatable bonds is 20. The Morgan fingerprint density at radius 2 is 0.833 bits per heavy atom. The van der Waals surface area contributed by atoms with Gasteiger partial charge < -0.3 is 38.3 Å². The molecule has 1 aromatic heterocycles. The highest BCUT2D eigenvalue weighted by Gasteiger charge is 2.30. The monoisotopic (exact) mass is 861 g/mol. The molecule has 0 atom stereocenters. The number of carboxylic acid groups (broad SMARTS) is 1. The van der Waals surface area contributed by atoms with Crippen molar-refractivity contribution in [1.82, 2.24) is 4.57 Å². The van der Waals surface area contributed by atoms with Crippen LogP contribution in [0.5, 0.6) is 0 Å². The van der Waals surface area contributed by atoms with E-state index in [-0.39, 0.29) is 66.9 Å². The summed E-state index contributed by atoms with van der Waals surface area (Å²) in [7, 11) is 7.00. The van der Waals surface area contributed by atoms with Crippen LogP contribution in [0.1, 0.15) is 149 Å². The molecule has 1 heterocycles. The first-order valence-corrected chi connectivity index (χ1v) is 20.9. The van der Waals surface area contributed by atoms with Crippen LogP contribution in [0.15, 0.2) is 18.7 Å². The van der Waals surface area contributed by atoms with Crippen LogP contribution in [0.2, 0.25) is 0 Å². The Bertz CT molecular complexity index is 1330. The number of aryl methyl sites for hydroxylation is 2. The fourth-order valence-electron chi connectivity index (χ4n) is 3.22. The van der Waals surface area contributed by atoms with Gasteiger partial charge in [0, 0.05) is 13.1 Å². The summed E-state index contributed by atoms with van der Waals surface area (Å²) in [5.74, 6) is -2.19. The first-order chi connectivity index (χ1) is 27.4. The van der Waals surface area contributed by atoms with Crippen LogP contribution in [-0.4, -0.2) is 87.6 Å². The highest BCUT2D eigenvalue weighted by atomic mass is 16.6. The molecule has 1 aromatic rings. The molecule has 0 aliphatic carbocycles. The summed E-state index contributed by atoms with van der Waals surface area (Å²) >= 11 is 0. The van der Waals surface area contributed by atoms with E-state index < -0.39 is 22.2 Å². The van der Waals surface area contributed by atoms with Gasteiger partial charge >= 0.3 is 29.8 Å². The number of imidazole rings is 1. The molecule has 0 saturated carbocycles. The molecule has 0 amide bonds. The molecule has 0 fully saturated rings. The van der Waals surface area contributed by atoms with Crippen molar-refractivity contribution in [2.45, 2.75) is 149 Å². The van der Waals surface area contributed by atoms with Gasteiger partial charge in [-0.1, -0.05) is 34.6 Å². The van der Waals surface area contributed by atoms with Gasteiger partial charge in [0.2, 0.25) is 6.33 Å². The van der Waals surface area contributed by atoms with E-state index in [4.69, 9.17) is 23.7 Å². The van der Waals surface area contributed by atoms with Crippen molar-refractivity contribution >= 4 is 35.8 Å². The summed E-state index contributed by atoms with van der Waals surface area (Å²) in [6.07, 6.45) is 9.99. The number of esters is 5. The van der Waals surface area contributed by atoms with E-state index in [2.05, 4.69) is 4.74 Å². The number of carbonyl (C=O) groups is 6. The van der Waals surface area contributed by atoms with Gasteiger partial charge in [-0.2, -0.15) is 0 Å². The zero-order chi connectivity index (χ0) is 48.0. The highest BCUT2D eigenvalue weighted by Crippen LogP contribution is 2.24. The minimum absolute atomic E-state index is 0.0696. The molecule has 0 N–H and O–H groups in total. The van der Waals surface area contributed by atoms with Crippen LogP contribution >= 0.6 is 0 Å². The quantitative estimate of drug-likeness (QED) is 0.0599. The van der Waals surface area contributed by atoms with Crippen molar-refractivity contribution in [3.05, 3.63) is 18.7 Å². The van der Waals surface area contributed by atoms with Crippen LogP contribution in [0, 0.1) is 27.1 Å². The summed E-state index contributed by atoms with van der Waals surface area (Å²) < 4.78 is 33.4. The summed E-state index contributed by atoms with van der Waals surface area (Å²) in [6.45, 7) is 29.4. The van der Waals surface area contributed by atoms with Crippen LogP contribution in [0.4, 0.5) is 0 Å². The van der Waals surface area contributed by atoms with Gasteiger partial charge in [-0.15, -0.1) is 0 Å². The zero-order valence-corrected chi connectivity index (χ0v) is 40.9. The number of nitrogens with zero attached hydrogens (tertiary/aromatic N) is 2. The number of carbonyl (C=O) groups excluding carboxylic acids is 6. The van der Waals surface area contributed by atoms with Gasteiger partial charge in [0.1, 0.15) is 32.2 Å². The third kappa shape index (κ3) is 30.1. The molecule has 352 valence electrons. The van der Waals surface area contributed by atoms with E-state index in [1.54, 1.807) is 21.0 Å². The molecule has 0 aromatic carbocycles. The Balaban J connectivity index is -0.000000338. The highest BCUT2D eigenvalue weighted by molar-refractivity contribution is 5.77. The van der Waals surface area contributed by atoms with Crippen LogP contribution in [-0.2, 0) is 71.3 Å². The van der Waals surface area contributed by atoms with E-state index in [1.807, 2.05) is 132 Å². The standard InChI is InChI=1S/C14H26O4.C10H18O4.C9H18O3.C7H14O2.C5H9N2/c1-7-13(3,4)11(15)17-9-10-18-12(16)14(5,6)8-2;1-4-10(2,3)9(13)14-7-5-6-8(11)12;1-5-9(2,3)8(10)12-7-6-11-4;1-5-7(2,3)6(8)9-4;1-6-3-4-7(2)5-6/h7-10H2,1-6H3;4-7H2,1-3H3,(H,11,12);5-7H2,1-4H3;5H2,1-4H3;3-5H,1-2H3/q;;;;+1/p-1. The largest absolute Gasteiger partial charge is 0.550 e. The average molecular weight is 861 g/mol. The lowest BCUT2D eigenvalue weighted by molar-refractivity contribution is -0.670. The number of aliphatic carboxylic acids is 1. The second kappa shape index (κ2) is 31.8. The molecular weight excluding hydrogens is 776 g/mol. The third-order valence-corrected chi connectivity index (χ3v) is 10.1. The molecule has 0 aliphatic heterocycles. The van der Waals surface area contributed by atoms with E-state index in [1.165, 1.54) is 7.11 Å². The summed E-state index contributed by atoms with van der Waals surface area (Å²) in [4.78, 5) is 66.8. The molecule has 0 saturated heterocycles. The molecule has 0 radical (unpaired) electrons. The molecule has 60 heavy (non-hydrogen) atoms. The van der Waals surface area contributed by atoms with E-state index in [0.717, 1.165) is 12.8 Å². The Morgan fingerprint density at radius 1 is 0.533 bits per heavy atom. The molecule has 15 nitrogen and oxygen atoms in total. The van der Waals surface area contributed by atoms with Crippen LogP contribution in [0.25, 0.3) is 0 Å². The van der Waals surface area contributed by atoms with Crippen molar-refractivity contribution in [2.24, 2.45) is 41.2 Å². The maximum absolute atomic E-state index is 11.6. The average Bonchev–Trinajstić information content (AvgIpc) is 3.59. The summed E-state index contributed by atoms with van der Waals surface area (Å²) in [5.41, 5.74) is -2.12. The summed E-state index contributed by atoms with van der Waals surface area (Å²) in [6, 6.07) is 0. The summed E-state index contributed by atoms with van der Waals surface area (Å²) in [5, 5.41) is 10.0. The zero-order valence-electron chi connectivity index (χ0n) is 40.9. The lowest BCUT2D eigenvalue weighted by Crippen LogP contribution is -2.29. The molecule has 0 unspecified atom stereocenters. The second-order valence-corrected chi connectivity index (χ2v) is 17.4. The predicted molar refractivity (Wildman–Crippen MR) is 229 cm³/mol. The Labute approximate surface area is 362 Å². The molecule has 0 aliphatic rings. The maximum Gasteiger partial charge on any atom is 0.311 e. The number of hydrogen-bond donors (Lipinski definition) is 0. The van der Waals surface area contributed by atoms with E-state index in [0.29, 0.717) is 38.9 Å². The number of aromatic nitrogens is 2. The van der Waals surface area contributed by atoms with E-state index >= 15 is 0 Å². The van der Waals surface area contributed by atoms with Gasteiger partial charge in [0.05, 0.1) is 61.5 Å². The van der Waals surface area contributed by atoms with Gasteiger partial charge in [0.25, 0.3) is 0 Å². The maximum atomic E-state index is 11.6. The van der Waals surface area contributed by atoms with Crippen molar-refractivity contribution in [2.75, 3.05) is 47.3 Å². The minimum atomic E-state index is -1.11. The Kier molecular flexibility index (Phi) is 33.2. The lowest BCUT2D eigenvalue weighted by Gasteiger charge is -2.22. The smallest absolute Gasteiger partial charge is 0.311 e. The van der Waals surface area contributed by atoms with Gasteiger partial charge in [-0.05, 0) is 114 Å². The third-order valence-electron chi connectivity index (χ3n) is 10.1. The lowest BCUT2D eigenvalue weighted by atomic mass is 9.90. The van der Waals surface area contributed by atoms with Crippen LogP contribution < -0.4 is 9.67 Å². The van der Waals surface area contributed by atoms with Gasteiger partial charge in [-0.3, -0.25) is 24.0 Å². The Hall–Kier alpha value is -4.01. The molecule has 0 spiro atoms. The number of carboxylic acids is 1. The number of methoxy groups -OCH3 is 2. The predicted octanol–water partition coefficient (Wildman–Crippen LogP) is 6.50. The van der Waals surface area contributed by atoms with Gasteiger partial charge in [-0.25, -0.2) is 9.13 Å². The molecule has 0 bridgehead atoms. The SMILES string of the molecule is CCC(C)(C)C(=O)OC.CCC(C)(C)C(=O)OCCCC(=O)[O-].CCC(C)(C)C(=O)OCCOC.CCC(C)(C)C(=O)OCCOC(=O)C(C)(C)CC.Cn1cc[n+](C)c1. The first kappa shape index (κ1) is 62.6. The van der Waals surface area contributed by atoms with Crippen molar-refractivity contribution in [3.63, 3.8) is 0 Å². The minimum Gasteiger partial charge on any atom is -0.550 e. The second-order valence-electron chi connectivity index (χ2n) is 17.4. The topological polar surface area (TPSA) is 190 Å². The van der Waals surface area contributed by atoms with Gasteiger partial charge in [0.15, 0.2) is 0 Å². The first-order valence-electron chi connectivity index (χ1n) is 20.9. The Morgan fingerprint density at radius 3 is 1.03 bits per heavy atom.